The lowest BCUT2D eigenvalue weighted by Crippen LogP contribution is -2.61. The molecule has 0 saturated carbocycles. The van der Waals surface area contributed by atoms with Gasteiger partial charge in [-0.25, -0.2) is 4.39 Å². The normalized spacial score (nSPS) is 26.7. The number of carbonyl (C=O) groups is 2. The van der Waals surface area contributed by atoms with Gasteiger partial charge >= 0.3 is 0 Å². The molecule has 3 aliphatic rings. The molecule has 6 nitrogen and oxygen atoms in total. The summed E-state index contributed by atoms with van der Waals surface area (Å²) in [6, 6.07) is 15.1. The molecule has 2 saturated heterocycles. The van der Waals surface area contributed by atoms with Crippen molar-refractivity contribution in [3.05, 3.63) is 93.2 Å². The Morgan fingerprint density at radius 1 is 0.974 bits per heavy atom. The van der Waals surface area contributed by atoms with E-state index in [9.17, 15) is 14.0 Å². The van der Waals surface area contributed by atoms with Crippen LogP contribution >= 0.6 is 34.8 Å². The smallest absolute Gasteiger partial charge is 0.239 e. The van der Waals surface area contributed by atoms with Gasteiger partial charge in [0.05, 0.1) is 19.3 Å². The van der Waals surface area contributed by atoms with E-state index in [1.54, 1.807) is 42.5 Å². The minimum Gasteiger partial charge on any atom is -0.490 e. The number of ether oxygens (including phenoxy) is 2. The van der Waals surface area contributed by atoms with E-state index in [2.05, 4.69) is 10.6 Å². The zero-order valence-electron chi connectivity index (χ0n) is 20.6. The number of piperidine rings is 1. The molecule has 0 radical (unpaired) electrons. The lowest BCUT2D eigenvalue weighted by atomic mass is 9.59. The lowest BCUT2D eigenvalue weighted by molar-refractivity contribution is -0.131. The molecule has 2 amide bonds. The Kier molecular flexibility index (Phi) is 6.96. The Morgan fingerprint density at radius 2 is 1.72 bits per heavy atom. The quantitative estimate of drug-likeness (QED) is 0.359. The van der Waals surface area contributed by atoms with Crippen LogP contribution in [0.2, 0.25) is 10.0 Å². The van der Waals surface area contributed by atoms with Gasteiger partial charge in [0, 0.05) is 40.1 Å². The molecule has 3 heterocycles. The second-order valence-corrected chi connectivity index (χ2v) is 11.3. The van der Waals surface area contributed by atoms with Gasteiger partial charge in [-0.15, -0.1) is 11.6 Å². The van der Waals surface area contributed by atoms with Crippen molar-refractivity contribution in [2.45, 2.75) is 41.7 Å². The monoisotopic (exact) mass is 588 g/mol. The van der Waals surface area contributed by atoms with Crippen molar-refractivity contribution in [2.75, 3.05) is 18.5 Å². The molecule has 2 fully saturated rings. The number of fused-ring (bicyclic) bond motifs is 2. The third-order valence-electron chi connectivity index (χ3n) is 7.78. The fourth-order valence-corrected chi connectivity index (χ4v) is 6.86. The maximum absolute atomic E-state index is 14.6. The van der Waals surface area contributed by atoms with Gasteiger partial charge in [-0.05, 0) is 53.6 Å². The minimum atomic E-state index is -1.48. The Balaban J connectivity index is 1.60. The van der Waals surface area contributed by atoms with E-state index in [0.29, 0.717) is 64.2 Å². The third-order valence-corrected chi connectivity index (χ3v) is 8.70. The Morgan fingerprint density at radius 3 is 2.49 bits per heavy atom. The number of carbonyl (C=O) groups excluding carboxylic acids is 2. The van der Waals surface area contributed by atoms with Crippen LogP contribution in [0.25, 0.3) is 0 Å². The molecule has 4 atom stereocenters. The number of alkyl halides is 1. The predicted octanol–water partition coefficient (Wildman–Crippen LogP) is 6.14. The molecule has 2 N–H and O–H groups in total. The van der Waals surface area contributed by atoms with E-state index >= 15 is 0 Å². The SMILES string of the molecule is O=C1NC(c2cc(Cl)ccc2OC2CCOCC2)C2(C(=O)Nc3cc(Cl)ccc32)C(c2cccc(F)c2)C1Cl. The van der Waals surface area contributed by atoms with Crippen molar-refractivity contribution in [3.8, 4) is 5.75 Å². The van der Waals surface area contributed by atoms with Gasteiger partial charge in [0.1, 0.15) is 28.5 Å². The Labute approximate surface area is 239 Å². The van der Waals surface area contributed by atoms with Gasteiger partial charge in [-0.3, -0.25) is 9.59 Å². The average Bonchev–Trinajstić information content (AvgIpc) is 3.19. The maximum atomic E-state index is 14.6. The van der Waals surface area contributed by atoms with Crippen LogP contribution in [-0.4, -0.2) is 36.5 Å². The van der Waals surface area contributed by atoms with Gasteiger partial charge in [0.25, 0.3) is 0 Å². The highest BCUT2D eigenvalue weighted by molar-refractivity contribution is 6.33. The van der Waals surface area contributed by atoms with Crippen molar-refractivity contribution >= 4 is 52.3 Å². The summed E-state index contributed by atoms with van der Waals surface area (Å²) in [5, 5.41) is 5.59. The topological polar surface area (TPSA) is 76.7 Å². The summed E-state index contributed by atoms with van der Waals surface area (Å²) in [6.07, 6.45) is 1.28. The van der Waals surface area contributed by atoms with E-state index in [-0.39, 0.29) is 6.10 Å². The summed E-state index contributed by atoms with van der Waals surface area (Å²) in [7, 11) is 0. The highest BCUT2D eigenvalue weighted by Crippen LogP contribution is 2.59. The van der Waals surface area contributed by atoms with Crippen molar-refractivity contribution in [1.82, 2.24) is 5.32 Å². The van der Waals surface area contributed by atoms with Crippen LogP contribution in [0.1, 0.15) is 41.5 Å². The molecule has 0 aliphatic carbocycles. The zero-order valence-corrected chi connectivity index (χ0v) is 22.8. The molecule has 202 valence electrons. The Hall–Kier alpha value is -2.84. The molecule has 3 aromatic carbocycles. The van der Waals surface area contributed by atoms with Crippen molar-refractivity contribution in [1.29, 1.82) is 0 Å². The van der Waals surface area contributed by atoms with E-state index < -0.39 is 40.4 Å². The summed E-state index contributed by atoms with van der Waals surface area (Å²) < 4.78 is 26.5. The number of halogens is 4. The van der Waals surface area contributed by atoms with Gasteiger partial charge in [0.15, 0.2) is 0 Å². The summed E-state index contributed by atoms with van der Waals surface area (Å²) in [4.78, 5) is 27.7. The fraction of sp³-hybridized carbons (Fsp3) is 0.310. The molecule has 0 bridgehead atoms. The van der Waals surface area contributed by atoms with Crippen LogP contribution in [0.4, 0.5) is 10.1 Å². The molecule has 3 aliphatic heterocycles. The average molecular weight is 590 g/mol. The van der Waals surface area contributed by atoms with Gasteiger partial charge in [-0.1, -0.05) is 41.4 Å². The molecular weight excluding hydrogens is 566 g/mol. The second-order valence-electron chi connectivity index (χ2n) is 10.0. The van der Waals surface area contributed by atoms with E-state index in [4.69, 9.17) is 44.3 Å². The standard InChI is InChI=1S/C29H24Cl3FN2O4/c30-16-5-7-23(39-19-8-10-38-11-9-19)20(13-16)26-29(21-6-4-17(31)14-22(21)34-28(29)37)24(25(32)27(36)35-26)15-2-1-3-18(33)12-15/h1-7,12-14,19,24-26H,8-11H2,(H,34,37)(H,35,36). The number of benzene rings is 3. The van der Waals surface area contributed by atoms with Crippen LogP contribution in [-0.2, 0) is 19.7 Å². The summed E-state index contributed by atoms with van der Waals surface area (Å²) in [5.41, 5.74) is 0.533. The number of hydrogen-bond acceptors (Lipinski definition) is 4. The lowest BCUT2D eigenvalue weighted by Gasteiger charge is -2.48. The van der Waals surface area contributed by atoms with Crippen LogP contribution in [0.5, 0.6) is 5.75 Å². The van der Waals surface area contributed by atoms with Crippen molar-refractivity contribution in [2.24, 2.45) is 0 Å². The largest absolute Gasteiger partial charge is 0.490 e. The van der Waals surface area contributed by atoms with Gasteiger partial charge in [-0.2, -0.15) is 0 Å². The van der Waals surface area contributed by atoms with Crippen molar-refractivity contribution < 1.29 is 23.5 Å². The number of rotatable bonds is 4. The molecule has 39 heavy (non-hydrogen) atoms. The van der Waals surface area contributed by atoms with Gasteiger partial charge < -0.3 is 20.1 Å². The van der Waals surface area contributed by atoms with Crippen LogP contribution < -0.4 is 15.4 Å². The molecule has 1 spiro atoms. The minimum absolute atomic E-state index is 0.114. The highest BCUT2D eigenvalue weighted by atomic mass is 35.5. The summed E-state index contributed by atoms with van der Waals surface area (Å²) in [6.45, 7) is 1.15. The molecule has 6 rings (SSSR count). The summed E-state index contributed by atoms with van der Waals surface area (Å²) in [5.74, 6) is -1.85. The molecule has 4 unspecified atom stereocenters. The van der Waals surface area contributed by atoms with Crippen LogP contribution in [0.3, 0.4) is 0 Å². The predicted molar refractivity (Wildman–Crippen MR) is 147 cm³/mol. The summed E-state index contributed by atoms with van der Waals surface area (Å²) >= 11 is 19.6. The van der Waals surface area contributed by atoms with Crippen molar-refractivity contribution in [3.63, 3.8) is 0 Å². The third kappa shape index (κ3) is 4.45. The number of nitrogens with one attached hydrogen (secondary N) is 2. The number of anilines is 1. The molecular formula is C29H24Cl3FN2O4. The number of hydrogen-bond donors (Lipinski definition) is 2. The molecule has 3 aromatic rings. The van der Waals surface area contributed by atoms with E-state index in [1.165, 1.54) is 18.2 Å². The first-order valence-corrected chi connectivity index (χ1v) is 13.8. The first-order chi connectivity index (χ1) is 18.8. The first-order valence-electron chi connectivity index (χ1n) is 12.6. The number of amides is 2. The van der Waals surface area contributed by atoms with E-state index in [1.807, 2.05) is 0 Å². The fourth-order valence-electron chi connectivity index (χ4n) is 6.10. The van der Waals surface area contributed by atoms with Crippen LogP contribution in [0.15, 0.2) is 60.7 Å². The Bertz CT molecular complexity index is 1460. The maximum Gasteiger partial charge on any atom is 0.239 e. The van der Waals surface area contributed by atoms with Gasteiger partial charge in [0.2, 0.25) is 11.8 Å². The van der Waals surface area contributed by atoms with Crippen LogP contribution in [0, 0.1) is 5.82 Å². The zero-order chi connectivity index (χ0) is 27.3. The van der Waals surface area contributed by atoms with E-state index in [0.717, 1.165) is 0 Å². The molecule has 10 heteroatoms. The highest BCUT2D eigenvalue weighted by Gasteiger charge is 2.64. The molecule has 0 aromatic heterocycles. The first kappa shape index (κ1) is 26.4. The second kappa shape index (κ2) is 10.3.